The number of hydrogen-bond acceptors (Lipinski definition) is 2. The number of rotatable bonds is 2. The second kappa shape index (κ2) is 3.61. The van der Waals surface area contributed by atoms with Crippen molar-refractivity contribution in [3.05, 3.63) is 34.9 Å². The first-order chi connectivity index (χ1) is 6.31. The maximum Gasteiger partial charge on any atom is 0.306 e. The van der Waals surface area contributed by atoms with E-state index in [1.807, 2.05) is 0 Å². The zero-order valence-corrected chi connectivity index (χ0v) is 8.04. The van der Waals surface area contributed by atoms with Crippen molar-refractivity contribution in [2.45, 2.75) is 12.7 Å². The highest BCUT2D eigenvalue weighted by atomic mass is 32.3. The summed E-state index contributed by atoms with van der Waals surface area (Å²) in [5.41, 5.74) is -0.683. The van der Waals surface area contributed by atoms with Gasteiger partial charge in [-0.25, -0.2) is 8.78 Å². The third kappa shape index (κ3) is 2.47. The van der Waals surface area contributed by atoms with E-state index in [0.29, 0.717) is 0 Å². The van der Waals surface area contributed by atoms with Gasteiger partial charge in [-0.05, 0) is 18.6 Å². The van der Waals surface area contributed by atoms with Crippen LogP contribution in [0.15, 0.2) is 12.1 Å². The zero-order valence-electron chi connectivity index (χ0n) is 7.22. The molecule has 6 heteroatoms. The fourth-order valence-electron chi connectivity index (χ4n) is 1.02. The van der Waals surface area contributed by atoms with Crippen LogP contribution >= 0.6 is 0 Å². The van der Waals surface area contributed by atoms with Gasteiger partial charge in [-0.15, -0.1) is 3.89 Å². The van der Waals surface area contributed by atoms with Crippen molar-refractivity contribution in [1.82, 2.24) is 0 Å². The average molecular weight is 224 g/mol. The van der Waals surface area contributed by atoms with Crippen molar-refractivity contribution in [2.75, 3.05) is 0 Å². The van der Waals surface area contributed by atoms with E-state index in [2.05, 4.69) is 0 Å². The Hall–Kier alpha value is -1.04. The van der Waals surface area contributed by atoms with Crippen LogP contribution in [0.1, 0.15) is 11.1 Å². The predicted octanol–water partition coefficient (Wildman–Crippen LogP) is 2.07. The number of halogens is 3. The van der Waals surface area contributed by atoms with Crippen LogP contribution in [0, 0.1) is 18.6 Å². The molecule has 0 aromatic heterocycles. The molecule has 0 atom stereocenters. The fraction of sp³-hybridized carbons (Fsp3) is 0.250. The van der Waals surface area contributed by atoms with Crippen LogP contribution in [0.25, 0.3) is 0 Å². The normalized spacial score (nSPS) is 11.7. The van der Waals surface area contributed by atoms with Crippen molar-refractivity contribution in [2.24, 2.45) is 0 Å². The molecule has 0 saturated heterocycles. The summed E-state index contributed by atoms with van der Waals surface area (Å²) in [5.74, 6) is -3.35. The highest BCUT2D eigenvalue weighted by Crippen LogP contribution is 2.19. The Bertz CT molecular complexity index is 454. The molecular weight excluding hydrogens is 217 g/mol. The Kier molecular flexibility index (Phi) is 2.84. The van der Waals surface area contributed by atoms with Crippen molar-refractivity contribution in [3.63, 3.8) is 0 Å². The smallest absolute Gasteiger partial charge is 0.207 e. The Morgan fingerprint density at radius 3 is 2.36 bits per heavy atom. The van der Waals surface area contributed by atoms with Crippen molar-refractivity contribution in [1.29, 1.82) is 0 Å². The Morgan fingerprint density at radius 1 is 1.29 bits per heavy atom. The van der Waals surface area contributed by atoms with Crippen LogP contribution in [0.2, 0.25) is 0 Å². The van der Waals surface area contributed by atoms with E-state index in [-0.39, 0.29) is 5.56 Å². The maximum atomic E-state index is 13.1. The van der Waals surface area contributed by atoms with Gasteiger partial charge < -0.3 is 0 Å². The minimum absolute atomic E-state index is 0.0741. The number of hydrogen-bond donors (Lipinski definition) is 0. The summed E-state index contributed by atoms with van der Waals surface area (Å²) in [4.78, 5) is 0. The first-order valence-electron chi connectivity index (χ1n) is 3.67. The number of aryl methyl sites for hydroxylation is 1. The zero-order chi connectivity index (χ0) is 10.9. The molecule has 0 saturated carbocycles. The Labute approximate surface area is 79.6 Å². The summed E-state index contributed by atoms with van der Waals surface area (Å²) >= 11 is 0. The minimum Gasteiger partial charge on any atom is -0.207 e. The van der Waals surface area contributed by atoms with Crippen molar-refractivity contribution < 1.29 is 21.1 Å². The molecule has 0 spiro atoms. The van der Waals surface area contributed by atoms with Crippen molar-refractivity contribution >= 4 is 10.2 Å². The SMILES string of the molecule is Cc1ccc(F)c(CS(=O)(=O)F)c1F. The van der Waals surface area contributed by atoms with Gasteiger partial charge in [-0.2, -0.15) is 8.42 Å². The van der Waals surface area contributed by atoms with E-state index < -0.39 is 33.2 Å². The van der Waals surface area contributed by atoms with Crippen molar-refractivity contribution in [3.8, 4) is 0 Å². The van der Waals surface area contributed by atoms with Crippen LogP contribution in [-0.2, 0) is 16.0 Å². The highest BCUT2D eigenvalue weighted by molar-refractivity contribution is 7.85. The second-order valence-corrected chi connectivity index (χ2v) is 4.21. The van der Waals surface area contributed by atoms with Gasteiger partial charge >= 0.3 is 10.2 Å². The molecule has 0 N–H and O–H groups in total. The quantitative estimate of drug-likeness (QED) is 0.721. The lowest BCUT2D eigenvalue weighted by atomic mass is 10.1. The standard InChI is InChI=1S/C8H7F3O2S/c1-5-2-3-7(9)6(8(5)10)4-14(11,12)13/h2-3H,4H2,1H3. The summed E-state index contributed by atoms with van der Waals surface area (Å²) in [7, 11) is -4.92. The molecule has 0 aliphatic heterocycles. The lowest BCUT2D eigenvalue weighted by Gasteiger charge is -2.04. The molecule has 0 unspecified atom stereocenters. The average Bonchev–Trinajstić information content (AvgIpc) is 2.04. The summed E-state index contributed by atoms with van der Waals surface area (Å²) in [6.07, 6.45) is 0. The molecular formula is C8H7F3O2S. The highest BCUT2D eigenvalue weighted by Gasteiger charge is 2.18. The van der Waals surface area contributed by atoms with E-state index in [0.717, 1.165) is 12.1 Å². The van der Waals surface area contributed by atoms with Crippen LogP contribution in [0.5, 0.6) is 0 Å². The van der Waals surface area contributed by atoms with Gasteiger partial charge in [0, 0.05) is 5.56 Å². The molecule has 0 radical (unpaired) electrons. The van der Waals surface area contributed by atoms with Gasteiger partial charge in [-0.1, -0.05) is 6.07 Å². The topological polar surface area (TPSA) is 34.1 Å². The molecule has 1 rings (SSSR count). The van der Waals surface area contributed by atoms with Crippen LogP contribution in [-0.4, -0.2) is 8.42 Å². The molecule has 1 aromatic carbocycles. The van der Waals surface area contributed by atoms with Gasteiger partial charge in [0.25, 0.3) is 0 Å². The molecule has 14 heavy (non-hydrogen) atoms. The van der Waals surface area contributed by atoms with Gasteiger partial charge in [0.1, 0.15) is 17.4 Å². The summed E-state index contributed by atoms with van der Waals surface area (Å²) in [6, 6.07) is 2.05. The third-order valence-corrected chi connectivity index (χ3v) is 2.33. The first kappa shape index (κ1) is 11.0. The molecule has 0 fully saturated rings. The molecule has 0 bridgehead atoms. The minimum atomic E-state index is -4.92. The summed E-state index contributed by atoms with van der Waals surface area (Å²) in [5, 5.41) is 0. The molecule has 0 aliphatic rings. The second-order valence-electron chi connectivity index (χ2n) is 2.84. The molecule has 78 valence electrons. The van der Waals surface area contributed by atoms with Crippen LogP contribution < -0.4 is 0 Å². The molecule has 0 heterocycles. The van der Waals surface area contributed by atoms with Gasteiger partial charge in [0.15, 0.2) is 0 Å². The summed E-state index contributed by atoms with van der Waals surface area (Å²) in [6.45, 7) is 1.34. The molecule has 1 aromatic rings. The van der Waals surface area contributed by atoms with E-state index >= 15 is 0 Å². The molecule has 0 aliphatic carbocycles. The molecule has 2 nitrogen and oxygen atoms in total. The van der Waals surface area contributed by atoms with Gasteiger partial charge in [0.05, 0.1) is 0 Å². The van der Waals surface area contributed by atoms with Gasteiger partial charge in [0.2, 0.25) is 0 Å². The lowest BCUT2D eigenvalue weighted by Crippen LogP contribution is -2.03. The van der Waals surface area contributed by atoms with E-state index in [1.54, 1.807) is 0 Å². The monoisotopic (exact) mass is 224 g/mol. The van der Waals surface area contributed by atoms with Crippen LogP contribution in [0.4, 0.5) is 12.7 Å². The van der Waals surface area contributed by atoms with E-state index in [9.17, 15) is 21.1 Å². The molecule has 0 amide bonds. The number of benzene rings is 1. The third-order valence-electron chi connectivity index (χ3n) is 1.70. The largest absolute Gasteiger partial charge is 0.306 e. The predicted molar refractivity (Wildman–Crippen MR) is 44.8 cm³/mol. The van der Waals surface area contributed by atoms with Gasteiger partial charge in [-0.3, -0.25) is 0 Å². The Morgan fingerprint density at radius 2 is 1.86 bits per heavy atom. The Balaban J connectivity index is 3.27. The van der Waals surface area contributed by atoms with Crippen LogP contribution in [0.3, 0.4) is 0 Å². The van der Waals surface area contributed by atoms with E-state index in [4.69, 9.17) is 0 Å². The van der Waals surface area contributed by atoms with E-state index in [1.165, 1.54) is 6.92 Å². The fourth-order valence-corrected chi connectivity index (χ4v) is 1.63. The summed E-state index contributed by atoms with van der Waals surface area (Å²) < 4.78 is 58.6. The lowest BCUT2D eigenvalue weighted by molar-refractivity contribution is 0.532. The first-order valence-corrected chi connectivity index (χ1v) is 5.22. The maximum absolute atomic E-state index is 13.1.